The summed E-state index contributed by atoms with van der Waals surface area (Å²) in [5.41, 5.74) is 10.4. The SMILES string of the molecule is Cc1c(Br)ccc2nc(C(C)c3ccccc3)c(N)n12. The fourth-order valence-corrected chi connectivity index (χ4v) is 2.84. The Balaban J connectivity index is 2.18. The lowest BCUT2D eigenvalue weighted by atomic mass is 9.98. The molecule has 2 N–H and O–H groups in total. The van der Waals surface area contributed by atoms with Gasteiger partial charge in [0.2, 0.25) is 0 Å². The topological polar surface area (TPSA) is 43.3 Å². The fraction of sp³-hybridized carbons (Fsp3) is 0.188. The van der Waals surface area contributed by atoms with Gasteiger partial charge in [0, 0.05) is 16.1 Å². The predicted octanol–water partition coefficient (Wildman–Crippen LogP) is 4.14. The Morgan fingerprint density at radius 2 is 1.85 bits per heavy atom. The van der Waals surface area contributed by atoms with Crippen LogP contribution in [0.1, 0.15) is 29.8 Å². The lowest BCUT2D eigenvalue weighted by Gasteiger charge is -2.10. The molecule has 0 aliphatic rings. The third kappa shape index (κ3) is 2.00. The molecule has 0 radical (unpaired) electrons. The Kier molecular flexibility index (Phi) is 3.26. The van der Waals surface area contributed by atoms with Crippen LogP contribution in [0, 0.1) is 6.92 Å². The molecule has 3 rings (SSSR count). The van der Waals surface area contributed by atoms with Crippen molar-refractivity contribution in [2.45, 2.75) is 19.8 Å². The summed E-state index contributed by atoms with van der Waals surface area (Å²) in [6.07, 6.45) is 0. The highest BCUT2D eigenvalue weighted by Crippen LogP contribution is 2.30. The number of hydrogen-bond acceptors (Lipinski definition) is 2. The molecule has 0 amide bonds. The van der Waals surface area contributed by atoms with Gasteiger partial charge in [-0.3, -0.25) is 4.40 Å². The zero-order valence-corrected chi connectivity index (χ0v) is 13.1. The maximum atomic E-state index is 6.33. The summed E-state index contributed by atoms with van der Waals surface area (Å²) in [7, 11) is 0. The molecular formula is C16H16BrN3. The van der Waals surface area contributed by atoms with Gasteiger partial charge >= 0.3 is 0 Å². The monoisotopic (exact) mass is 329 g/mol. The van der Waals surface area contributed by atoms with Crippen LogP contribution in [0.3, 0.4) is 0 Å². The molecule has 2 heterocycles. The number of nitrogens with zero attached hydrogens (tertiary/aromatic N) is 2. The molecule has 1 aromatic carbocycles. The van der Waals surface area contributed by atoms with E-state index in [4.69, 9.17) is 10.7 Å². The Bertz CT molecular complexity index is 762. The van der Waals surface area contributed by atoms with E-state index in [1.54, 1.807) is 0 Å². The number of benzene rings is 1. The average Bonchev–Trinajstić information content (AvgIpc) is 2.81. The van der Waals surface area contributed by atoms with Crippen molar-refractivity contribution >= 4 is 27.4 Å². The minimum absolute atomic E-state index is 0.175. The second-order valence-corrected chi connectivity index (χ2v) is 5.83. The second kappa shape index (κ2) is 4.94. The van der Waals surface area contributed by atoms with Gasteiger partial charge in [-0.05, 0) is 40.5 Å². The van der Waals surface area contributed by atoms with Gasteiger partial charge in [0.05, 0.1) is 5.69 Å². The largest absolute Gasteiger partial charge is 0.383 e. The average molecular weight is 330 g/mol. The first kappa shape index (κ1) is 13.2. The molecule has 2 aromatic heterocycles. The van der Waals surface area contributed by atoms with Crippen LogP contribution in [-0.2, 0) is 0 Å². The summed E-state index contributed by atoms with van der Waals surface area (Å²) in [5.74, 6) is 0.893. The summed E-state index contributed by atoms with van der Waals surface area (Å²) < 4.78 is 3.03. The predicted molar refractivity (Wildman–Crippen MR) is 86.0 cm³/mol. The van der Waals surface area contributed by atoms with Crippen LogP contribution in [0.5, 0.6) is 0 Å². The van der Waals surface area contributed by atoms with Gasteiger partial charge in [0.1, 0.15) is 11.5 Å². The van der Waals surface area contributed by atoms with E-state index in [1.807, 2.05) is 41.7 Å². The van der Waals surface area contributed by atoms with Crippen molar-refractivity contribution in [3.63, 3.8) is 0 Å². The van der Waals surface area contributed by atoms with Gasteiger partial charge in [-0.25, -0.2) is 4.98 Å². The smallest absolute Gasteiger partial charge is 0.138 e. The highest BCUT2D eigenvalue weighted by atomic mass is 79.9. The molecule has 0 spiro atoms. The number of hydrogen-bond donors (Lipinski definition) is 1. The van der Waals surface area contributed by atoms with Crippen molar-refractivity contribution < 1.29 is 0 Å². The third-order valence-corrected chi connectivity index (χ3v) is 4.58. The van der Waals surface area contributed by atoms with Crippen molar-refractivity contribution in [1.29, 1.82) is 0 Å². The summed E-state index contributed by atoms with van der Waals surface area (Å²) in [6, 6.07) is 14.3. The number of fused-ring (bicyclic) bond motifs is 1. The standard InChI is InChI=1S/C16H16BrN3/c1-10(12-6-4-3-5-7-12)15-16(18)20-11(2)13(17)8-9-14(20)19-15/h3-10H,18H2,1-2H3. The molecule has 4 heteroatoms. The number of anilines is 1. The van der Waals surface area contributed by atoms with Crippen LogP contribution >= 0.6 is 15.9 Å². The molecule has 20 heavy (non-hydrogen) atoms. The lowest BCUT2D eigenvalue weighted by molar-refractivity contribution is 0.889. The van der Waals surface area contributed by atoms with E-state index in [0.29, 0.717) is 0 Å². The fourth-order valence-electron chi connectivity index (χ4n) is 2.53. The lowest BCUT2D eigenvalue weighted by Crippen LogP contribution is -2.03. The molecule has 3 nitrogen and oxygen atoms in total. The normalized spacial score (nSPS) is 12.8. The molecule has 0 bridgehead atoms. The molecule has 1 unspecified atom stereocenters. The van der Waals surface area contributed by atoms with Crippen LogP contribution in [0.25, 0.3) is 5.65 Å². The summed E-state index contributed by atoms with van der Waals surface area (Å²) in [4.78, 5) is 4.71. The number of pyridine rings is 1. The number of nitrogen functional groups attached to an aromatic ring is 1. The van der Waals surface area contributed by atoms with Gasteiger partial charge in [0.25, 0.3) is 0 Å². The maximum Gasteiger partial charge on any atom is 0.138 e. The van der Waals surface area contributed by atoms with E-state index in [-0.39, 0.29) is 5.92 Å². The van der Waals surface area contributed by atoms with Crippen molar-refractivity contribution in [3.05, 3.63) is 63.9 Å². The Morgan fingerprint density at radius 1 is 1.15 bits per heavy atom. The Labute approximate surface area is 126 Å². The molecule has 0 aliphatic heterocycles. The van der Waals surface area contributed by atoms with E-state index < -0.39 is 0 Å². The number of imidazole rings is 1. The van der Waals surface area contributed by atoms with E-state index in [2.05, 4.69) is 35.0 Å². The summed E-state index contributed by atoms with van der Waals surface area (Å²) in [5, 5.41) is 0. The molecule has 102 valence electrons. The van der Waals surface area contributed by atoms with E-state index in [1.165, 1.54) is 5.56 Å². The third-order valence-electron chi connectivity index (χ3n) is 3.74. The zero-order chi connectivity index (χ0) is 14.3. The molecule has 0 saturated heterocycles. The number of halogens is 1. The number of aromatic nitrogens is 2. The molecule has 0 saturated carbocycles. The van der Waals surface area contributed by atoms with E-state index in [9.17, 15) is 0 Å². The van der Waals surface area contributed by atoms with Gasteiger partial charge in [-0.1, -0.05) is 37.3 Å². The van der Waals surface area contributed by atoms with Crippen LogP contribution in [0.15, 0.2) is 46.9 Å². The highest BCUT2D eigenvalue weighted by Gasteiger charge is 2.18. The Hall–Kier alpha value is -1.81. The molecule has 1 atom stereocenters. The van der Waals surface area contributed by atoms with Gasteiger partial charge in [-0.15, -0.1) is 0 Å². The van der Waals surface area contributed by atoms with Crippen molar-refractivity contribution in [3.8, 4) is 0 Å². The van der Waals surface area contributed by atoms with Crippen LogP contribution in [-0.4, -0.2) is 9.38 Å². The molecule has 0 aliphatic carbocycles. The summed E-state index contributed by atoms with van der Waals surface area (Å²) >= 11 is 3.54. The number of rotatable bonds is 2. The minimum atomic E-state index is 0.175. The first-order valence-corrected chi connectivity index (χ1v) is 7.36. The van der Waals surface area contributed by atoms with Crippen LogP contribution in [0.2, 0.25) is 0 Å². The van der Waals surface area contributed by atoms with Gasteiger partial charge in [-0.2, -0.15) is 0 Å². The van der Waals surface area contributed by atoms with Gasteiger partial charge < -0.3 is 5.73 Å². The second-order valence-electron chi connectivity index (χ2n) is 4.97. The molecule has 0 fully saturated rings. The van der Waals surface area contributed by atoms with Crippen molar-refractivity contribution in [2.75, 3.05) is 5.73 Å². The Morgan fingerprint density at radius 3 is 2.55 bits per heavy atom. The van der Waals surface area contributed by atoms with Gasteiger partial charge in [0.15, 0.2) is 0 Å². The van der Waals surface area contributed by atoms with Crippen LogP contribution < -0.4 is 5.73 Å². The quantitative estimate of drug-likeness (QED) is 0.767. The first-order chi connectivity index (χ1) is 9.59. The molecular weight excluding hydrogens is 314 g/mol. The van der Waals surface area contributed by atoms with E-state index in [0.717, 1.165) is 27.3 Å². The highest BCUT2D eigenvalue weighted by molar-refractivity contribution is 9.10. The molecule has 3 aromatic rings. The van der Waals surface area contributed by atoms with Crippen LogP contribution in [0.4, 0.5) is 5.82 Å². The maximum absolute atomic E-state index is 6.33. The van der Waals surface area contributed by atoms with Crippen molar-refractivity contribution in [1.82, 2.24) is 9.38 Å². The first-order valence-electron chi connectivity index (χ1n) is 6.57. The van der Waals surface area contributed by atoms with Crippen molar-refractivity contribution in [2.24, 2.45) is 0 Å². The van der Waals surface area contributed by atoms with E-state index >= 15 is 0 Å². The number of aryl methyl sites for hydroxylation is 1. The summed E-state index contributed by atoms with van der Waals surface area (Å²) in [6.45, 7) is 4.17. The minimum Gasteiger partial charge on any atom is -0.383 e. The zero-order valence-electron chi connectivity index (χ0n) is 11.5. The number of nitrogens with two attached hydrogens (primary N) is 1.